The van der Waals surface area contributed by atoms with Gasteiger partial charge in [-0.05, 0) is 108 Å². The molecule has 3 aliphatic heterocycles. The van der Waals surface area contributed by atoms with Crippen molar-refractivity contribution in [2.24, 2.45) is 0 Å². The van der Waals surface area contributed by atoms with Crippen LogP contribution in [-0.2, 0) is 103 Å². The number of carbonyl (C=O) groups is 14. The Balaban J connectivity index is 1.30. The van der Waals surface area contributed by atoms with Crippen molar-refractivity contribution < 1.29 is 148 Å². The fourth-order valence-corrected chi connectivity index (χ4v) is 15.8. The van der Waals surface area contributed by atoms with E-state index in [1.807, 2.05) is 68.5 Å². The standard InChI is InChI=1S/C78H110N10O30S2/c1-77(2)54-20-12-13-21-56(54)87(40-16-17-45-118-120(115,116)117)61(77)22-8-5-9-23-62-78(3,4)55-46-53(119(112,113)114)26-27-57(55)88(62)39-15-7-10-24-63(89)79-34-14-6-11-25-64(90)80-35-18-36-82(66(92)32-29-59(75(108)109)85(49-70(98)99)50-71(100)101)43-44-83(67(93)33-30-60(76(110)111)86(51-72(102)103)52-73(104)105)38-19-37-81(42-41-80)65(91)31-28-58(74(106)107)84(47-68(94)95)48-69(96)97/h5,8-9,12-13,20-23,26-27,46,58-60H,6-7,10-11,14-19,24-25,28-45,47-52H2,1-4H3,(H11-,79,89,94,95,96,97,98,99,100,101,102,103,104,105,106,107,108,109,110,111,112,113,114,115,116,117)/t58-,59-,60-/m0/s1. The van der Waals surface area contributed by atoms with E-state index in [1.54, 1.807) is 6.07 Å². The first kappa shape index (κ1) is 99.9. The summed E-state index contributed by atoms with van der Waals surface area (Å²) in [5.41, 5.74) is 4.12. The Morgan fingerprint density at radius 2 is 0.925 bits per heavy atom. The van der Waals surface area contributed by atoms with Crippen LogP contribution < -0.4 is 10.2 Å². The Labute approximate surface area is 694 Å². The molecule has 0 bridgehead atoms. The van der Waals surface area contributed by atoms with Crippen LogP contribution in [-0.4, -0.2) is 336 Å². The van der Waals surface area contributed by atoms with E-state index in [0.29, 0.717) is 78.3 Å². The van der Waals surface area contributed by atoms with Crippen LogP contribution in [0.5, 0.6) is 0 Å². The highest BCUT2D eigenvalue weighted by atomic mass is 32.3. The molecule has 0 radical (unpaired) electrons. The SMILES string of the molecule is CC1(C)C(/C=C/C=C/C=C2/N(CCCCCC(=O)NCCCCCC(=O)N3CCCN(C(=O)CC[C@@H](C(=O)O)N(CC(=O)O)CC(=O)O)CCN(C(=O)CC[C@@H](C(=O)O)N(CC(=O)O)CC(=O)O)CCCN(C(=O)CC[C@@H](C(=O)O)N(CC(=O)O)CC(=O)O)CC3)c3ccc(S(=O)(=O)O)cc3C2(C)C)=[N+](CCCCOS(=O)(=O)[O-])c2ccccc21. The lowest BCUT2D eigenvalue weighted by Crippen LogP contribution is -2.49. The highest BCUT2D eigenvalue weighted by Crippen LogP contribution is 2.49. The van der Waals surface area contributed by atoms with E-state index in [-0.39, 0.29) is 108 Å². The Bertz CT molecular complexity index is 4350. The molecule has 3 heterocycles. The summed E-state index contributed by atoms with van der Waals surface area (Å²) in [5, 5.41) is 90.4. The minimum Gasteiger partial charge on any atom is -0.726 e. The number of anilines is 1. The van der Waals surface area contributed by atoms with Crippen LogP contribution in [0.3, 0.4) is 0 Å². The number of benzene rings is 2. The number of amides is 5. The fourth-order valence-electron chi connectivity index (χ4n) is 15.0. The summed E-state index contributed by atoms with van der Waals surface area (Å²) in [6, 6.07) is 6.92. The minimum absolute atomic E-state index is 0.0478. The van der Waals surface area contributed by atoms with Gasteiger partial charge in [0, 0.05) is 138 Å². The molecule has 40 nitrogen and oxygen atoms in total. The molecule has 0 aliphatic carbocycles. The van der Waals surface area contributed by atoms with Crippen LogP contribution in [0.25, 0.3) is 0 Å². The quantitative estimate of drug-likeness (QED) is 0.0149. The number of unbranched alkanes of at least 4 members (excludes halogenated alkanes) is 5. The molecule has 3 aliphatic rings. The van der Waals surface area contributed by atoms with Crippen LogP contribution in [0.4, 0.5) is 11.4 Å². The van der Waals surface area contributed by atoms with Crippen molar-refractivity contribution in [2.75, 3.05) is 123 Å². The number of para-hydroxylation sites is 1. The third-order valence-electron chi connectivity index (χ3n) is 20.9. The van der Waals surface area contributed by atoms with E-state index >= 15 is 0 Å². The molecule has 664 valence electrons. The summed E-state index contributed by atoms with van der Waals surface area (Å²) in [7, 11) is -9.39. The van der Waals surface area contributed by atoms with Crippen LogP contribution in [0.1, 0.15) is 154 Å². The number of rotatable bonds is 49. The predicted octanol–water partition coefficient (Wildman–Crippen LogP) is 2.82. The molecule has 0 aromatic heterocycles. The van der Waals surface area contributed by atoms with Crippen molar-refractivity contribution in [3.05, 3.63) is 89.7 Å². The van der Waals surface area contributed by atoms with Crippen molar-refractivity contribution in [1.82, 2.24) is 39.6 Å². The van der Waals surface area contributed by atoms with E-state index < -0.39 is 205 Å². The van der Waals surface area contributed by atoms with Gasteiger partial charge in [-0.3, -0.25) is 90.6 Å². The van der Waals surface area contributed by atoms with Crippen molar-refractivity contribution in [3.63, 3.8) is 0 Å². The maximum atomic E-state index is 14.4. The van der Waals surface area contributed by atoms with Crippen molar-refractivity contribution in [3.8, 4) is 0 Å². The summed E-state index contributed by atoms with van der Waals surface area (Å²) >= 11 is 0. The molecule has 11 N–H and O–H groups in total. The monoisotopic (exact) mass is 1730 g/mol. The van der Waals surface area contributed by atoms with Gasteiger partial charge in [0.15, 0.2) is 5.71 Å². The van der Waals surface area contributed by atoms with E-state index in [4.69, 9.17) is 0 Å². The third kappa shape index (κ3) is 32.2. The zero-order valence-electron chi connectivity index (χ0n) is 67.6. The van der Waals surface area contributed by atoms with E-state index in [9.17, 15) is 139 Å². The Hall–Kier alpha value is -10.6. The molecule has 1 fully saturated rings. The largest absolute Gasteiger partial charge is 0.726 e. The highest BCUT2D eigenvalue weighted by molar-refractivity contribution is 7.85. The number of hydrogen-bond acceptors (Lipinski definition) is 24. The molecule has 42 heteroatoms. The molecule has 5 amide bonds. The summed E-state index contributed by atoms with van der Waals surface area (Å²) in [6.45, 7) is 0.650. The van der Waals surface area contributed by atoms with E-state index in [1.165, 1.54) is 26.8 Å². The highest BCUT2D eigenvalue weighted by Gasteiger charge is 2.45. The van der Waals surface area contributed by atoms with Gasteiger partial charge in [0.1, 0.15) is 24.7 Å². The number of carboxylic acid groups (broad SMARTS) is 9. The average molecular weight is 1730 g/mol. The average Bonchev–Trinajstić information content (AvgIpc) is 1.67. The van der Waals surface area contributed by atoms with Crippen LogP contribution in [0.15, 0.2) is 83.4 Å². The van der Waals surface area contributed by atoms with Crippen LogP contribution >= 0.6 is 0 Å². The number of nitrogens with one attached hydrogen (secondary N) is 1. The summed E-state index contributed by atoms with van der Waals surface area (Å²) < 4.78 is 74.5. The maximum Gasteiger partial charge on any atom is 0.320 e. The lowest BCUT2D eigenvalue weighted by atomic mass is 9.81. The number of aliphatic carboxylic acids is 9. The zero-order chi connectivity index (χ0) is 89.4. The first-order valence-electron chi connectivity index (χ1n) is 39.2. The first-order chi connectivity index (χ1) is 56.3. The number of fused-ring (bicyclic) bond motifs is 2. The number of nitrogens with zero attached hydrogens (tertiary/aromatic N) is 9. The van der Waals surface area contributed by atoms with Crippen LogP contribution in [0, 0.1) is 0 Å². The summed E-state index contributed by atoms with van der Waals surface area (Å²) in [4.78, 5) is 187. The van der Waals surface area contributed by atoms with Crippen LogP contribution in [0.2, 0.25) is 0 Å². The molecule has 2 aromatic carbocycles. The Kier molecular flexibility index (Phi) is 39.5. The van der Waals surface area contributed by atoms with E-state index in [0.717, 1.165) is 33.2 Å². The van der Waals surface area contributed by atoms with Gasteiger partial charge in [0.2, 0.25) is 45.6 Å². The molecule has 3 atom stereocenters. The number of allylic oxidation sites excluding steroid dienone is 6. The maximum absolute atomic E-state index is 14.4. The van der Waals surface area contributed by atoms with E-state index in [2.05, 4.69) is 32.8 Å². The molecular formula is C78H110N10O30S2. The van der Waals surface area contributed by atoms with Gasteiger partial charge in [0.05, 0.1) is 56.2 Å². The second-order valence-corrected chi connectivity index (χ2v) is 32.8. The molecule has 2 aromatic rings. The van der Waals surface area contributed by atoms with Gasteiger partial charge in [-0.1, -0.05) is 63.1 Å². The predicted molar refractivity (Wildman–Crippen MR) is 425 cm³/mol. The van der Waals surface area contributed by atoms with Crippen molar-refractivity contribution in [2.45, 2.75) is 177 Å². The van der Waals surface area contributed by atoms with Crippen molar-refractivity contribution in [1.29, 1.82) is 0 Å². The molecule has 1 saturated heterocycles. The smallest absolute Gasteiger partial charge is 0.320 e. The first-order valence-corrected chi connectivity index (χ1v) is 42.0. The lowest BCUT2D eigenvalue weighted by Gasteiger charge is -2.33. The molecule has 0 spiro atoms. The summed E-state index contributed by atoms with van der Waals surface area (Å²) in [6.07, 6.45) is 9.37. The molecule has 0 unspecified atom stereocenters. The number of carboxylic acids is 9. The summed E-state index contributed by atoms with van der Waals surface area (Å²) in [5.74, 6) is -17.5. The van der Waals surface area contributed by atoms with Gasteiger partial charge >= 0.3 is 53.7 Å². The normalized spacial score (nSPS) is 16.5. The minimum atomic E-state index is -4.82. The van der Waals surface area contributed by atoms with Gasteiger partial charge in [-0.15, -0.1) is 0 Å². The molecule has 0 saturated carbocycles. The molecule has 5 rings (SSSR count). The van der Waals surface area contributed by atoms with Gasteiger partial charge in [-0.2, -0.15) is 13.0 Å². The number of carbonyl (C=O) groups excluding carboxylic acids is 5. The number of hydrogen-bond donors (Lipinski definition) is 11. The fraction of sp³-hybridized carbons (Fsp3) is 0.577. The lowest BCUT2D eigenvalue weighted by molar-refractivity contribution is -0.438. The second kappa shape index (κ2) is 47.4. The Morgan fingerprint density at radius 3 is 1.35 bits per heavy atom. The van der Waals surface area contributed by atoms with Gasteiger partial charge in [0.25, 0.3) is 10.1 Å². The van der Waals surface area contributed by atoms with Crippen molar-refractivity contribution >= 4 is 121 Å². The Morgan fingerprint density at radius 1 is 0.500 bits per heavy atom. The molecular weight excluding hydrogens is 1620 g/mol. The van der Waals surface area contributed by atoms with Gasteiger partial charge in [-0.25, -0.2) is 8.42 Å². The van der Waals surface area contributed by atoms with Gasteiger partial charge < -0.3 is 80.3 Å². The topological polar surface area (TPSA) is 583 Å². The third-order valence-corrected chi connectivity index (χ3v) is 22.2. The zero-order valence-corrected chi connectivity index (χ0v) is 69.2. The second-order valence-electron chi connectivity index (χ2n) is 30.3. The molecule has 120 heavy (non-hydrogen) atoms.